The Balaban J connectivity index is 2.79. The van der Waals surface area contributed by atoms with Crippen molar-refractivity contribution in [1.29, 1.82) is 0 Å². The number of alkyl halides is 1. The highest BCUT2D eigenvalue weighted by atomic mass is 35.5. The third kappa shape index (κ3) is 2.68. The van der Waals surface area contributed by atoms with E-state index in [0.29, 0.717) is 5.88 Å². The molecular formula is C8H9ClN2. The van der Waals surface area contributed by atoms with Crippen LogP contribution in [-0.2, 0) is 0 Å². The number of allylic oxidation sites excluding steroid dienone is 1. The maximum absolute atomic E-state index is 5.59. The molecule has 0 radical (unpaired) electrons. The maximum atomic E-state index is 5.59. The molecule has 0 saturated carbocycles. The molecule has 0 N–H and O–H groups in total. The van der Waals surface area contributed by atoms with Crippen LogP contribution in [0.1, 0.15) is 12.6 Å². The van der Waals surface area contributed by atoms with E-state index in [9.17, 15) is 0 Å². The van der Waals surface area contributed by atoms with Gasteiger partial charge in [-0.2, -0.15) is 0 Å². The molecule has 1 aromatic heterocycles. The summed E-state index contributed by atoms with van der Waals surface area (Å²) in [7, 11) is 0. The Morgan fingerprint density at radius 3 is 3.09 bits per heavy atom. The predicted molar refractivity (Wildman–Crippen MR) is 46.4 cm³/mol. The second kappa shape index (κ2) is 4.09. The van der Waals surface area contributed by atoms with Crippen molar-refractivity contribution in [1.82, 2.24) is 9.97 Å². The first-order valence-corrected chi connectivity index (χ1v) is 3.85. The summed E-state index contributed by atoms with van der Waals surface area (Å²) in [5.41, 5.74) is 2.00. The summed E-state index contributed by atoms with van der Waals surface area (Å²) in [4.78, 5) is 7.83. The lowest BCUT2D eigenvalue weighted by atomic mass is 10.2. The van der Waals surface area contributed by atoms with E-state index in [1.165, 1.54) is 6.33 Å². The summed E-state index contributed by atoms with van der Waals surface area (Å²) >= 11 is 5.59. The normalized spacial score (nSPS) is 11.6. The monoisotopic (exact) mass is 168 g/mol. The smallest absolute Gasteiger partial charge is 0.115 e. The van der Waals surface area contributed by atoms with Crippen molar-refractivity contribution >= 4 is 17.7 Å². The SMILES string of the molecule is CC(=Cc1ccncn1)CCl. The Morgan fingerprint density at radius 1 is 1.73 bits per heavy atom. The molecule has 11 heavy (non-hydrogen) atoms. The maximum Gasteiger partial charge on any atom is 0.115 e. The molecule has 0 atom stereocenters. The third-order valence-electron chi connectivity index (χ3n) is 1.21. The van der Waals surface area contributed by atoms with Gasteiger partial charge in [-0.05, 0) is 19.1 Å². The van der Waals surface area contributed by atoms with Crippen molar-refractivity contribution in [3.63, 3.8) is 0 Å². The molecule has 0 saturated heterocycles. The van der Waals surface area contributed by atoms with Gasteiger partial charge in [0.2, 0.25) is 0 Å². The number of rotatable bonds is 2. The zero-order chi connectivity index (χ0) is 8.10. The highest BCUT2D eigenvalue weighted by Gasteiger charge is 1.88. The van der Waals surface area contributed by atoms with Crippen molar-refractivity contribution in [2.24, 2.45) is 0 Å². The van der Waals surface area contributed by atoms with Crippen LogP contribution in [0.3, 0.4) is 0 Å². The molecular weight excluding hydrogens is 160 g/mol. The van der Waals surface area contributed by atoms with E-state index in [4.69, 9.17) is 11.6 Å². The van der Waals surface area contributed by atoms with Crippen LogP contribution in [0.25, 0.3) is 6.08 Å². The van der Waals surface area contributed by atoms with Crippen LogP contribution in [0.4, 0.5) is 0 Å². The van der Waals surface area contributed by atoms with Gasteiger partial charge in [-0.15, -0.1) is 11.6 Å². The van der Waals surface area contributed by atoms with Crippen LogP contribution in [0, 0.1) is 0 Å². The number of halogens is 1. The van der Waals surface area contributed by atoms with E-state index >= 15 is 0 Å². The molecule has 3 heteroatoms. The number of hydrogen-bond acceptors (Lipinski definition) is 2. The molecule has 0 amide bonds. The zero-order valence-corrected chi connectivity index (χ0v) is 7.04. The number of aromatic nitrogens is 2. The average molecular weight is 169 g/mol. The molecule has 2 nitrogen and oxygen atoms in total. The summed E-state index contributed by atoms with van der Waals surface area (Å²) in [5, 5.41) is 0. The predicted octanol–water partition coefficient (Wildman–Crippen LogP) is 2.12. The molecule has 0 aliphatic rings. The Labute approximate surface area is 70.9 Å². The van der Waals surface area contributed by atoms with Crippen molar-refractivity contribution in [2.45, 2.75) is 6.92 Å². The molecule has 1 rings (SSSR count). The minimum Gasteiger partial charge on any atom is -0.245 e. The highest BCUT2D eigenvalue weighted by Crippen LogP contribution is 2.02. The summed E-state index contributed by atoms with van der Waals surface area (Å²) in [6.07, 6.45) is 5.17. The first-order valence-electron chi connectivity index (χ1n) is 3.32. The first-order chi connectivity index (χ1) is 5.33. The molecule has 0 unspecified atom stereocenters. The van der Waals surface area contributed by atoms with Crippen LogP contribution in [0.15, 0.2) is 24.2 Å². The molecule has 0 bridgehead atoms. The van der Waals surface area contributed by atoms with E-state index in [1.54, 1.807) is 6.20 Å². The molecule has 0 aliphatic carbocycles. The lowest BCUT2D eigenvalue weighted by molar-refractivity contribution is 1.15. The molecule has 1 aromatic rings. The second-order valence-corrected chi connectivity index (χ2v) is 2.53. The minimum atomic E-state index is 0.546. The van der Waals surface area contributed by atoms with Crippen LogP contribution in [0.5, 0.6) is 0 Å². The number of hydrogen-bond donors (Lipinski definition) is 0. The van der Waals surface area contributed by atoms with Gasteiger partial charge in [0.05, 0.1) is 5.69 Å². The van der Waals surface area contributed by atoms with Crippen molar-refractivity contribution in [2.75, 3.05) is 5.88 Å². The van der Waals surface area contributed by atoms with Crippen molar-refractivity contribution < 1.29 is 0 Å². The van der Waals surface area contributed by atoms with Crippen molar-refractivity contribution in [3.8, 4) is 0 Å². The van der Waals surface area contributed by atoms with Gasteiger partial charge in [-0.1, -0.05) is 5.57 Å². The van der Waals surface area contributed by atoms with Crippen LogP contribution < -0.4 is 0 Å². The van der Waals surface area contributed by atoms with E-state index in [0.717, 1.165) is 11.3 Å². The fourth-order valence-electron chi connectivity index (χ4n) is 0.677. The molecule has 0 fully saturated rings. The molecule has 0 aromatic carbocycles. The fraction of sp³-hybridized carbons (Fsp3) is 0.250. The van der Waals surface area contributed by atoms with Gasteiger partial charge >= 0.3 is 0 Å². The third-order valence-corrected chi connectivity index (χ3v) is 1.63. The van der Waals surface area contributed by atoms with Gasteiger partial charge in [-0.25, -0.2) is 9.97 Å². The zero-order valence-electron chi connectivity index (χ0n) is 6.29. The van der Waals surface area contributed by atoms with Gasteiger partial charge in [-0.3, -0.25) is 0 Å². The lowest BCUT2D eigenvalue weighted by Gasteiger charge is -1.92. The van der Waals surface area contributed by atoms with E-state index in [2.05, 4.69) is 9.97 Å². The summed E-state index contributed by atoms with van der Waals surface area (Å²) in [6.45, 7) is 1.97. The van der Waals surface area contributed by atoms with Gasteiger partial charge in [0.25, 0.3) is 0 Å². The topological polar surface area (TPSA) is 25.8 Å². The average Bonchev–Trinajstić information content (AvgIpc) is 2.06. The van der Waals surface area contributed by atoms with Gasteiger partial charge < -0.3 is 0 Å². The van der Waals surface area contributed by atoms with Crippen molar-refractivity contribution in [3.05, 3.63) is 29.9 Å². The highest BCUT2D eigenvalue weighted by molar-refractivity contribution is 6.19. The van der Waals surface area contributed by atoms with Crippen LogP contribution in [0.2, 0.25) is 0 Å². The Hall–Kier alpha value is -0.890. The lowest BCUT2D eigenvalue weighted by Crippen LogP contribution is -1.83. The van der Waals surface area contributed by atoms with E-state index in [1.807, 2.05) is 19.1 Å². The Morgan fingerprint density at radius 2 is 2.55 bits per heavy atom. The Bertz CT molecular complexity index is 244. The molecule has 1 heterocycles. The Kier molecular flexibility index (Phi) is 3.05. The summed E-state index contributed by atoms with van der Waals surface area (Å²) < 4.78 is 0. The summed E-state index contributed by atoms with van der Waals surface area (Å²) in [5.74, 6) is 0.546. The van der Waals surface area contributed by atoms with Gasteiger partial charge in [0, 0.05) is 12.1 Å². The van der Waals surface area contributed by atoms with Crippen LogP contribution >= 0.6 is 11.6 Å². The standard InChI is InChI=1S/C8H9ClN2/c1-7(5-9)4-8-2-3-10-6-11-8/h2-4,6H,5H2,1H3. The van der Waals surface area contributed by atoms with E-state index in [-0.39, 0.29) is 0 Å². The largest absolute Gasteiger partial charge is 0.245 e. The van der Waals surface area contributed by atoms with Gasteiger partial charge in [0.15, 0.2) is 0 Å². The first kappa shape index (κ1) is 8.21. The minimum absolute atomic E-state index is 0.546. The second-order valence-electron chi connectivity index (χ2n) is 2.26. The van der Waals surface area contributed by atoms with Crippen LogP contribution in [-0.4, -0.2) is 15.8 Å². The molecule has 0 aliphatic heterocycles. The number of nitrogens with zero attached hydrogens (tertiary/aromatic N) is 2. The molecule has 0 spiro atoms. The fourth-order valence-corrected chi connectivity index (χ4v) is 0.754. The molecule has 58 valence electrons. The van der Waals surface area contributed by atoms with E-state index < -0.39 is 0 Å². The summed E-state index contributed by atoms with van der Waals surface area (Å²) in [6, 6.07) is 1.84. The quantitative estimate of drug-likeness (QED) is 0.633. The van der Waals surface area contributed by atoms with Gasteiger partial charge in [0.1, 0.15) is 6.33 Å².